The number of methoxy groups -OCH3 is 1. The van der Waals surface area contributed by atoms with Crippen LogP contribution in [0.3, 0.4) is 0 Å². The van der Waals surface area contributed by atoms with E-state index in [1.54, 1.807) is 68.7 Å². The number of allylic oxidation sites excluding steroid dienone is 1. The highest BCUT2D eigenvalue weighted by atomic mass is 16.5. The molecule has 35 heavy (non-hydrogen) atoms. The molecule has 0 atom stereocenters. The fourth-order valence-corrected chi connectivity index (χ4v) is 3.02. The summed E-state index contributed by atoms with van der Waals surface area (Å²) in [5.74, 6) is 0.433. The summed E-state index contributed by atoms with van der Waals surface area (Å²) in [7, 11) is 4.66. The summed E-state index contributed by atoms with van der Waals surface area (Å²) in [5, 5.41) is 0. The van der Waals surface area contributed by atoms with Crippen molar-refractivity contribution in [1.82, 2.24) is 4.90 Å². The highest BCUT2D eigenvalue weighted by Crippen LogP contribution is 2.22. The lowest BCUT2D eigenvalue weighted by molar-refractivity contribution is -0.130. The number of likely N-dealkylation sites (N-methyl/N-ethyl adjacent to an activating group) is 1. The molecule has 0 spiro atoms. The van der Waals surface area contributed by atoms with Gasteiger partial charge in [0.25, 0.3) is 5.91 Å². The van der Waals surface area contributed by atoms with Gasteiger partial charge in [0, 0.05) is 25.2 Å². The average molecular weight is 474 g/mol. The fraction of sp³-hybridized carbons (Fsp3) is 0.179. The van der Waals surface area contributed by atoms with Crippen molar-refractivity contribution in [2.24, 2.45) is 0 Å². The van der Waals surface area contributed by atoms with Gasteiger partial charge in [-0.05, 0) is 60.2 Å². The Bertz CT molecular complexity index is 1200. The summed E-state index contributed by atoms with van der Waals surface area (Å²) in [6.07, 6.45) is 3.19. The summed E-state index contributed by atoms with van der Waals surface area (Å²) in [6, 6.07) is 21.0. The Morgan fingerprint density at radius 1 is 0.829 bits per heavy atom. The largest absolute Gasteiger partial charge is 0.488 e. The van der Waals surface area contributed by atoms with Gasteiger partial charge in [0.2, 0.25) is 0 Å². The van der Waals surface area contributed by atoms with Crippen LogP contribution in [0.15, 0.2) is 78.9 Å². The second kappa shape index (κ2) is 12.2. The molecule has 0 heterocycles. The molecular formula is C28H27NO6. The van der Waals surface area contributed by atoms with Gasteiger partial charge in [-0.25, -0.2) is 4.79 Å². The molecule has 3 aromatic carbocycles. The summed E-state index contributed by atoms with van der Waals surface area (Å²) < 4.78 is 16.1. The van der Waals surface area contributed by atoms with Crippen LogP contribution < -0.4 is 9.47 Å². The summed E-state index contributed by atoms with van der Waals surface area (Å²) in [6.45, 7) is 0.241. The first-order valence-corrected chi connectivity index (χ1v) is 10.9. The molecular weight excluding hydrogens is 446 g/mol. The van der Waals surface area contributed by atoms with Gasteiger partial charge in [-0.1, -0.05) is 30.3 Å². The van der Waals surface area contributed by atoms with Crippen LogP contribution in [0.2, 0.25) is 0 Å². The van der Waals surface area contributed by atoms with Crippen LogP contribution in [0.5, 0.6) is 11.5 Å². The second-order valence-electron chi connectivity index (χ2n) is 7.81. The van der Waals surface area contributed by atoms with E-state index < -0.39 is 0 Å². The number of nitrogens with zero attached hydrogens (tertiary/aromatic N) is 1. The van der Waals surface area contributed by atoms with E-state index in [0.717, 1.165) is 11.1 Å². The summed E-state index contributed by atoms with van der Waals surface area (Å²) in [5.41, 5.74) is 2.62. The molecule has 0 saturated heterocycles. The molecule has 0 aliphatic heterocycles. The first-order valence-electron chi connectivity index (χ1n) is 10.9. The number of benzene rings is 3. The molecule has 3 rings (SSSR count). The monoisotopic (exact) mass is 473 g/mol. The molecule has 0 saturated carbocycles. The van der Waals surface area contributed by atoms with Crippen molar-refractivity contribution < 1.29 is 28.6 Å². The third-order valence-electron chi connectivity index (χ3n) is 5.10. The second-order valence-corrected chi connectivity index (χ2v) is 7.81. The van der Waals surface area contributed by atoms with Crippen LogP contribution in [-0.4, -0.2) is 50.4 Å². The Morgan fingerprint density at radius 2 is 1.49 bits per heavy atom. The SMILES string of the molecule is COC(=O)c1ccc(COc2ccccc2/C=C/C(=O)c2ccc(OCC(=O)N(C)C)cc2)cc1. The number of rotatable bonds is 10. The Hall–Kier alpha value is -4.39. The van der Waals surface area contributed by atoms with E-state index in [1.165, 1.54) is 18.1 Å². The van der Waals surface area contributed by atoms with Crippen molar-refractivity contribution in [3.8, 4) is 11.5 Å². The maximum Gasteiger partial charge on any atom is 0.337 e. The Morgan fingerprint density at radius 3 is 2.14 bits per heavy atom. The molecule has 3 aromatic rings. The Kier molecular flexibility index (Phi) is 8.78. The number of para-hydroxylation sites is 1. The number of ether oxygens (including phenoxy) is 3. The summed E-state index contributed by atoms with van der Waals surface area (Å²) >= 11 is 0. The number of hydrogen-bond donors (Lipinski definition) is 0. The number of carbonyl (C=O) groups is 3. The molecule has 0 bridgehead atoms. The molecule has 0 unspecified atom stereocenters. The first kappa shape index (κ1) is 25.2. The predicted molar refractivity (Wildman–Crippen MR) is 133 cm³/mol. The zero-order chi connectivity index (χ0) is 25.2. The maximum absolute atomic E-state index is 12.6. The molecule has 7 heteroatoms. The van der Waals surface area contributed by atoms with Gasteiger partial charge >= 0.3 is 5.97 Å². The third kappa shape index (κ3) is 7.30. The van der Waals surface area contributed by atoms with Gasteiger partial charge in [-0.15, -0.1) is 0 Å². The Labute approximate surface area is 204 Å². The van der Waals surface area contributed by atoms with Gasteiger partial charge in [0.1, 0.15) is 18.1 Å². The third-order valence-corrected chi connectivity index (χ3v) is 5.10. The van der Waals surface area contributed by atoms with Gasteiger partial charge in [-0.3, -0.25) is 9.59 Å². The van der Waals surface area contributed by atoms with E-state index >= 15 is 0 Å². The van der Waals surface area contributed by atoms with Crippen LogP contribution in [0.1, 0.15) is 31.8 Å². The molecule has 7 nitrogen and oxygen atoms in total. The fourth-order valence-electron chi connectivity index (χ4n) is 3.02. The minimum absolute atomic E-state index is 0.0631. The van der Waals surface area contributed by atoms with Crippen molar-refractivity contribution in [3.63, 3.8) is 0 Å². The highest BCUT2D eigenvalue weighted by molar-refractivity contribution is 6.07. The molecule has 1 amide bonds. The van der Waals surface area contributed by atoms with Gasteiger partial charge in [-0.2, -0.15) is 0 Å². The van der Waals surface area contributed by atoms with E-state index in [2.05, 4.69) is 0 Å². The molecule has 0 N–H and O–H groups in total. The van der Waals surface area contributed by atoms with Crippen molar-refractivity contribution >= 4 is 23.7 Å². The number of carbonyl (C=O) groups excluding carboxylic acids is 3. The molecule has 180 valence electrons. The Balaban J connectivity index is 1.60. The van der Waals surface area contributed by atoms with Gasteiger partial charge < -0.3 is 19.1 Å². The first-order chi connectivity index (χ1) is 16.9. The van der Waals surface area contributed by atoms with Crippen molar-refractivity contribution in [3.05, 3.63) is 101 Å². The van der Waals surface area contributed by atoms with Gasteiger partial charge in [0.15, 0.2) is 12.4 Å². The normalized spacial score (nSPS) is 10.6. The van der Waals surface area contributed by atoms with Crippen LogP contribution in [-0.2, 0) is 16.1 Å². The van der Waals surface area contributed by atoms with Crippen molar-refractivity contribution in [2.75, 3.05) is 27.8 Å². The minimum Gasteiger partial charge on any atom is -0.488 e. The van der Waals surface area contributed by atoms with E-state index in [4.69, 9.17) is 14.2 Å². The number of amides is 1. The molecule has 0 aliphatic carbocycles. The standard InChI is InChI=1S/C28H27NO6/c1-29(2)27(31)19-34-24-15-12-21(13-16-24)25(30)17-14-22-6-4-5-7-26(22)35-18-20-8-10-23(11-9-20)28(32)33-3/h4-17H,18-19H2,1-3H3/b17-14+. The number of esters is 1. The summed E-state index contributed by atoms with van der Waals surface area (Å²) in [4.78, 5) is 37.3. The lowest BCUT2D eigenvalue weighted by atomic mass is 10.1. The van der Waals surface area contributed by atoms with Crippen LogP contribution in [0.25, 0.3) is 6.08 Å². The predicted octanol–water partition coefficient (Wildman–Crippen LogP) is 4.42. The maximum atomic E-state index is 12.6. The average Bonchev–Trinajstić information content (AvgIpc) is 2.89. The zero-order valence-electron chi connectivity index (χ0n) is 19.9. The van der Waals surface area contributed by atoms with Crippen molar-refractivity contribution in [2.45, 2.75) is 6.61 Å². The van der Waals surface area contributed by atoms with Gasteiger partial charge in [0.05, 0.1) is 12.7 Å². The van der Waals surface area contributed by atoms with Crippen LogP contribution >= 0.6 is 0 Å². The van der Waals surface area contributed by atoms with Crippen molar-refractivity contribution in [1.29, 1.82) is 0 Å². The van der Waals surface area contributed by atoms with Crippen LogP contribution in [0, 0.1) is 0 Å². The molecule has 0 aromatic heterocycles. The van der Waals surface area contributed by atoms with E-state index in [9.17, 15) is 14.4 Å². The van der Waals surface area contributed by atoms with E-state index in [0.29, 0.717) is 29.2 Å². The smallest absolute Gasteiger partial charge is 0.337 e. The quantitative estimate of drug-likeness (QED) is 0.246. The lowest BCUT2D eigenvalue weighted by Gasteiger charge is -2.11. The van der Waals surface area contributed by atoms with E-state index in [-0.39, 0.29) is 24.3 Å². The zero-order valence-corrected chi connectivity index (χ0v) is 19.9. The highest BCUT2D eigenvalue weighted by Gasteiger charge is 2.08. The molecule has 0 aliphatic rings. The topological polar surface area (TPSA) is 82.1 Å². The lowest BCUT2D eigenvalue weighted by Crippen LogP contribution is -2.27. The van der Waals surface area contributed by atoms with E-state index in [1.807, 2.05) is 24.3 Å². The molecule has 0 fully saturated rings. The van der Waals surface area contributed by atoms with Crippen LogP contribution in [0.4, 0.5) is 0 Å². The number of hydrogen-bond acceptors (Lipinski definition) is 6. The number of ketones is 1. The minimum atomic E-state index is -0.390. The molecule has 0 radical (unpaired) electrons.